The van der Waals surface area contributed by atoms with E-state index in [-0.39, 0.29) is 11.6 Å². The molecule has 0 aliphatic rings. The molecular formula is C7H9ClF3N3S. The molecule has 0 aliphatic heterocycles. The largest absolute Gasteiger partial charge is 0.389 e. The number of unbranched alkanes of at least 4 members (excludes halogenated alkanes) is 1. The molecule has 0 amide bonds. The van der Waals surface area contributed by atoms with Crippen molar-refractivity contribution in [2.75, 3.05) is 11.9 Å². The molecule has 3 nitrogen and oxygen atoms in total. The van der Waals surface area contributed by atoms with Gasteiger partial charge in [-0.2, -0.15) is 21.9 Å². The van der Waals surface area contributed by atoms with Gasteiger partial charge in [-0.3, -0.25) is 0 Å². The van der Waals surface area contributed by atoms with Crippen LogP contribution in [0.2, 0.25) is 5.15 Å². The molecule has 1 aromatic rings. The lowest BCUT2D eigenvalue weighted by atomic mass is 10.2. The number of halogens is 4. The summed E-state index contributed by atoms with van der Waals surface area (Å²) in [6.07, 6.45) is -4.30. The van der Waals surface area contributed by atoms with Gasteiger partial charge in [0, 0.05) is 13.0 Å². The second-order valence-electron chi connectivity index (χ2n) is 2.90. The predicted molar refractivity (Wildman–Crippen MR) is 53.3 cm³/mol. The Balaban J connectivity index is 2.10. The zero-order chi connectivity index (χ0) is 11.3. The Labute approximate surface area is 94.0 Å². The van der Waals surface area contributed by atoms with E-state index in [4.69, 9.17) is 11.6 Å². The molecule has 0 radical (unpaired) electrons. The molecule has 0 fully saturated rings. The highest BCUT2D eigenvalue weighted by molar-refractivity contribution is 6.99. The van der Waals surface area contributed by atoms with Gasteiger partial charge in [0.25, 0.3) is 0 Å². The third kappa shape index (κ3) is 5.17. The fourth-order valence-corrected chi connectivity index (χ4v) is 1.62. The van der Waals surface area contributed by atoms with Gasteiger partial charge in [0.05, 0.1) is 11.7 Å². The van der Waals surface area contributed by atoms with Gasteiger partial charge in [-0.1, -0.05) is 11.6 Å². The molecule has 0 aromatic carbocycles. The first kappa shape index (κ1) is 12.5. The van der Waals surface area contributed by atoms with E-state index in [1.54, 1.807) is 0 Å². The maximum absolute atomic E-state index is 11.8. The Morgan fingerprint density at radius 2 is 2.00 bits per heavy atom. The SMILES string of the molecule is FC(F)(F)CCCCNc1nsnc1Cl. The van der Waals surface area contributed by atoms with E-state index in [2.05, 4.69) is 14.1 Å². The van der Waals surface area contributed by atoms with Crippen LogP contribution in [0.1, 0.15) is 19.3 Å². The van der Waals surface area contributed by atoms with Crippen molar-refractivity contribution >= 4 is 29.1 Å². The van der Waals surface area contributed by atoms with Crippen LogP contribution in [-0.4, -0.2) is 21.5 Å². The van der Waals surface area contributed by atoms with E-state index < -0.39 is 12.6 Å². The van der Waals surface area contributed by atoms with Gasteiger partial charge in [0.2, 0.25) is 0 Å². The summed E-state index contributed by atoms with van der Waals surface area (Å²) >= 11 is 6.58. The first-order valence-corrected chi connectivity index (χ1v) is 5.38. The zero-order valence-corrected chi connectivity index (χ0v) is 9.22. The van der Waals surface area contributed by atoms with Crippen molar-refractivity contribution in [2.45, 2.75) is 25.4 Å². The molecule has 86 valence electrons. The molecule has 15 heavy (non-hydrogen) atoms. The van der Waals surface area contributed by atoms with E-state index in [0.29, 0.717) is 18.8 Å². The Kier molecular flexibility index (Phi) is 4.59. The maximum atomic E-state index is 11.8. The summed E-state index contributed by atoms with van der Waals surface area (Å²) in [7, 11) is 0. The minimum Gasteiger partial charge on any atom is -0.367 e. The van der Waals surface area contributed by atoms with E-state index in [1.165, 1.54) is 0 Å². The summed E-state index contributed by atoms with van der Waals surface area (Å²) in [5.74, 6) is 0.439. The molecule has 1 heterocycles. The predicted octanol–water partition coefficient (Wildman–Crippen LogP) is 3.34. The minimum absolute atomic E-state index is 0.103. The Morgan fingerprint density at radius 3 is 2.53 bits per heavy atom. The third-order valence-electron chi connectivity index (χ3n) is 1.63. The number of nitrogens with one attached hydrogen (secondary N) is 1. The van der Waals surface area contributed by atoms with Crippen molar-refractivity contribution in [3.05, 3.63) is 5.15 Å². The van der Waals surface area contributed by atoms with Gasteiger partial charge in [-0.25, -0.2) is 0 Å². The molecule has 0 bridgehead atoms. The van der Waals surface area contributed by atoms with Crippen molar-refractivity contribution in [2.24, 2.45) is 0 Å². The van der Waals surface area contributed by atoms with Gasteiger partial charge in [0.1, 0.15) is 0 Å². The fraction of sp³-hybridized carbons (Fsp3) is 0.714. The normalized spacial score (nSPS) is 11.7. The molecule has 1 aromatic heterocycles. The first-order valence-electron chi connectivity index (χ1n) is 4.28. The molecule has 0 aliphatic carbocycles. The average Bonchev–Trinajstić information content (AvgIpc) is 2.49. The Hall–Kier alpha value is -0.560. The van der Waals surface area contributed by atoms with Crippen LogP contribution in [-0.2, 0) is 0 Å². The molecule has 0 unspecified atom stereocenters. The summed E-state index contributed by atoms with van der Waals surface area (Å²) in [6.45, 7) is 0.418. The highest BCUT2D eigenvalue weighted by Gasteiger charge is 2.25. The van der Waals surface area contributed by atoms with Crippen LogP contribution in [0.15, 0.2) is 0 Å². The van der Waals surface area contributed by atoms with E-state index in [0.717, 1.165) is 11.7 Å². The first-order chi connectivity index (χ1) is 6.99. The number of aromatic nitrogens is 2. The summed E-state index contributed by atoms with van der Waals surface area (Å²) in [5, 5.41) is 3.08. The lowest BCUT2D eigenvalue weighted by molar-refractivity contribution is -0.135. The quantitative estimate of drug-likeness (QED) is 0.824. The summed E-state index contributed by atoms with van der Waals surface area (Å²) < 4.78 is 42.8. The lowest BCUT2D eigenvalue weighted by Gasteiger charge is -2.06. The molecular weight excluding hydrogens is 251 g/mol. The highest BCUT2D eigenvalue weighted by Crippen LogP contribution is 2.22. The van der Waals surface area contributed by atoms with Crippen LogP contribution in [0, 0.1) is 0 Å². The second-order valence-corrected chi connectivity index (χ2v) is 3.79. The van der Waals surface area contributed by atoms with E-state index in [9.17, 15) is 13.2 Å². The molecule has 0 saturated heterocycles. The van der Waals surface area contributed by atoms with Crippen molar-refractivity contribution in [3.8, 4) is 0 Å². The van der Waals surface area contributed by atoms with Crippen LogP contribution in [0.4, 0.5) is 19.0 Å². The van der Waals surface area contributed by atoms with Gasteiger partial charge in [-0.05, 0) is 12.8 Å². The summed E-state index contributed by atoms with van der Waals surface area (Å²) in [6, 6.07) is 0. The summed E-state index contributed by atoms with van der Waals surface area (Å²) in [4.78, 5) is 0. The maximum Gasteiger partial charge on any atom is 0.389 e. The van der Waals surface area contributed by atoms with Crippen molar-refractivity contribution in [1.29, 1.82) is 0 Å². The Morgan fingerprint density at radius 1 is 1.27 bits per heavy atom. The second kappa shape index (κ2) is 5.50. The molecule has 1 N–H and O–H groups in total. The van der Waals surface area contributed by atoms with Crippen LogP contribution >= 0.6 is 23.3 Å². The molecule has 0 saturated carbocycles. The number of rotatable bonds is 5. The zero-order valence-electron chi connectivity index (χ0n) is 7.64. The number of alkyl halides is 3. The van der Waals surface area contributed by atoms with Crippen molar-refractivity contribution < 1.29 is 13.2 Å². The monoisotopic (exact) mass is 259 g/mol. The number of nitrogens with zero attached hydrogens (tertiary/aromatic N) is 2. The average molecular weight is 260 g/mol. The van der Waals surface area contributed by atoms with Crippen LogP contribution < -0.4 is 5.32 Å². The van der Waals surface area contributed by atoms with Crippen molar-refractivity contribution in [3.63, 3.8) is 0 Å². The molecule has 8 heteroatoms. The third-order valence-corrected chi connectivity index (χ3v) is 2.52. The molecule has 1 rings (SSSR count). The molecule has 0 spiro atoms. The minimum atomic E-state index is -4.07. The van der Waals surface area contributed by atoms with Gasteiger partial charge < -0.3 is 5.32 Å². The molecule has 0 atom stereocenters. The van der Waals surface area contributed by atoms with Crippen LogP contribution in [0.3, 0.4) is 0 Å². The smallest absolute Gasteiger partial charge is 0.367 e. The van der Waals surface area contributed by atoms with Gasteiger partial charge >= 0.3 is 6.18 Å². The van der Waals surface area contributed by atoms with Crippen LogP contribution in [0.5, 0.6) is 0 Å². The highest BCUT2D eigenvalue weighted by atomic mass is 35.5. The fourth-order valence-electron chi connectivity index (χ4n) is 0.940. The summed E-state index contributed by atoms with van der Waals surface area (Å²) in [5.41, 5.74) is 0. The standard InChI is InChI=1S/C7H9ClF3N3S/c8-5-6(14-15-13-5)12-4-2-1-3-7(9,10)11/h1-4H2,(H,12,14). The van der Waals surface area contributed by atoms with Gasteiger partial charge in [0.15, 0.2) is 11.0 Å². The Bertz CT molecular complexity index is 302. The topological polar surface area (TPSA) is 37.8 Å². The van der Waals surface area contributed by atoms with E-state index in [1.807, 2.05) is 0 Å². The van der Waals surface area contributed by atoms with Crippen LogP contribution in [0.25, 0.3) is 0 Å². The number of hydrogen-bond acceptors (Lipinski definition) is 4. The van der Waals surface area contributed by atoms with E-state index >= 15 is 0 Å². The van der Waals surface area contributed by atoms with Gasteiger partial charge in [-0.15, -0.1) is 0 Å². The number of anilines is 1. The lowest BCUT2D eigenvalue weighted by Crippen LogP contribution is -2.08. The van der Waals surface area contributed by atoms with Crippen molar-refractivity contribution in [1.82, 2.24) is 8.75 Å². The number of hydrogen-bond donors (Lipinski definition) is 1.